The number of likely N-dealkylation sites (N-methyl/N-ethyl adjacent to an activating group) is 1. The highest BCUT2D eigenvalue weighted by Crippen LogP contribution is 2.12. The number of benzene rings is 1. The lowest BCUT2D eigenvalue weighted by atomic mass is 10.1. The van der Waals surface area contributed by atoms with Crippen molar-refractivity contribution in [2.24, 2.45) is 0 Å². The van der Waals surface area contributed by atoms with Crippen LogP contribution in [-0.4, -0.2) is 36.8 Å². The molecule has 1 rings (SSSR count). The molecule has 0 atom stereocenters. The summed E-state index contributed by atoms with van der Waals surface area (Å²) in [4.78, 5) is 25.2. The topological polar surface area (TPSA) is 46.6 Å². The molecule has 0 bridgehead atoms. The van der Waals surface area contributed by atoms with E-state index in [1.165, 1.54) is 12.2 Å². The molecule has 0 aromatic heterocycles. The second kappa shape index (κ2) is 7.36. The number of allylic oxidation sites excluding steroid dienone is 1. The average Bonchev–Trinajstić information content (AvgIpc) is 2.46. The van der Waals surface area contributed by atoms with E-state index in [0.717, 1.165) is 0 Å². The van der Waals surface area contributed by atoms with Crippen molar-refractivity contribution in [2.45, 2.75) is 13.8 Å². The highest BCUT2D eigenvalue weighted by Gasteiger charge is 2.07. The highest BCUT2D eigenvalue weighted by atomic mass is 16.5. The van der Waals surface area contributed by atoms with Gasteiger partial charge in [0.1, 0.15) is 5.75 Å². The van der Waals surface area contributed by atoms with Gasteiger partial charge in [-0.15, -0.1) is 0 Å². The van der Waals surface area contributed by atoms with Gasteiger partial charge in [-0.3, -0.25) is 9.59 Å². The number of rotatable bonds is 6. The minimum Gasteiger partial charge on any atom is -0.497 e. The number of nitrogens with zero attached hydrogens (tertiary/aromatic N) is 1. The Morgan fingerprint density at radius 2 is 1.68 bits per heavy atom. The van der Waals surface area contributed by atoms with Crippen molar-refractivity contribution in [1.82, 2.24) is 4.90 Å². The quantitative estimate of drug-likeness (QED) is 0.583. The number of ketones is 1. The molecule has 4 heteroatoms. The molecule has 0 saturated carbocycles. The van der Waals surface area contributed by atoms with Gasteiger partial charge >= 0.3 is 0 Å². The van der Waals surface area contributed by atoms with Gasteiger partial charge in [0.05, 0.1) is 7.11 Å². The first-order chi connectivity index (χ1) is 9.12. The third-order valence-corrected chi connectivity index (χ3v) is 2.83. The minimum atomic E-state index is -0.192. The largest absolute Gasteiger partial charge is 0.497 e. The van der Waals surface area contributed by atoms with Crippen LogP contribution >= 0.6 is 0 Å². The maximum atomic E-state index is 11.8. The van der Waals surface area contributed by atoms with Crippen LogP contribution in [0.3, 0.4) is 0 Å². The van der Waals surface area contributed by atoms with Crippen LogP contribution in [0, 0.1) is 0 Å². The molecule has 0 aliphatic carbocycles. The Kier molecular flexibility index (Phi) is 5.79. The lowest BCUT2D eigenvalue weighted by molar-refractivity contribution is -0.125. The van der Waals surface area contributed by atoms with Gasteiger partial charge in [-0.1, -0.05) is 0 Å². The zero-order valence-electron chi connectivity index (χ0n) is 11.6. The molecule has 0 heterocycles. The van der Waals surface area contributed by atoms with Crippen LogP contribution in [0.5, 0.6) is 5.75 Å². The SMILES string of the molecule is CCN(CC)C(=O)/C=C/C(=O)c1ccc(OC)cc1. The zero-order valence-corrected chi connectivity index (χ0v) is 11.6. The van der Waals surface area contributed by atoms with Crippen molar-refractivity contribution in [3.63, 3.8) is 0 Å². The molecule has 0 saturated heterocycles. The molecule has 0 radical (unpaired) electrons. The summed E-state index contributed by atoms with van der Waals surface area (Å²) in [7, 11) is 1.57. The van der Waals surface area contributed by atoms with Crippen LogP contribution in [0.4, 0.5) is 0 Å². The Morgan fingerprint density at radius 1 is 1.11 bits per heavy atom. The molecule has 19 heavy (non-hydrogen) atoms. The molecule has 0 N–H and O–H groups in total. The molecule has 0 spiro atoms. The van der Waals surface area contributed by atoms with Gasteiger partial charge in [-0.05, 0) is 44.2 Å². The number of ether oxygens (including phenoxy) is 1. The van der Waals surface area contributed by atoms with E-state index >= 15 is 0 Å². The molecule has 1 aromatic rings. The molecule has 0 aliphatic heterocycles. The molecule has 0 unspecified atom stereocenters. The predicted octanol–water partition coefficient (Wildman–Crippen LogP) is 2.30. The molecule has 0 aliphatic rings. The van der Waals surface area contributed by atoms with Crippen molar-refractivity contribution >= 4 is 11.7 Å². The Bertz CT molecular complexity index is 459. The van der Waals surface area contributed by atoms with Crippen molar-refractivity contribution in [3.05, 3.63) is 42.0 Å². The van der Waals surface area contributed by atoms with E-state index in [0.29, 0.717) is 24.4 Å². The van der Waals surface area contributed by atoms with Crippen molar-refractivity contribution in [3.8, 4) is 5.75 Å². The van der Waals surface area contributed by atoms with Gasteiger partial charge in [0, 0.05) is 24.7 Å². The predicted molar refractivity (Wildman–Crippen MR) is 74.4 cm³/mol. The van der Waals surface area contributed by atoms with Crippen molar-refractivity contribution < 1.29 is 14.3 Å². The Morgan fingerprint density at radius 3 is 2.16 bits per heavy atom. The first-order valence-corrected chi connectivity index (χ1v) is 6.27. The fraction of sp³-hybridized carbons (Fsp3) is 0.333. The minimum absolute atomic E-state index is 0.146. The lowest BCUT2D eigenvalue weighted by Crippen LogP contribution is -2.28. The normalized spacial score (nSPS) is 10.5. The number of hydrogen-bond donors (Lipinski definition) is 0. The van der Waals surface area contributed by atoms with E-state index in [4.69, 9.17) is 4.74 Å². The summed E-state index contributed by atoms with van der Waals surface area (Å²) >= 11 is 0. The second-order valence-electron chi connectivity index (χ2n) is 3.94. The fourth-order valence-electron chi connectivity index (χ4n) is 1.64. The number of carbonyl (C=O) groups excluding carboxylic acids is 2. The van der Waals surface area contributed by atoms with Crippen LogP contribution in [-0.2, 0) is 4.79 Å². The summed E-state index contributed by atoms with van der Waals surface area (Å²) in [5.41, 5.74) is 0.532. The Labute approximate surface area is 113 Å². The maximum absolute atomic E-state index is 11.8. The smallest absolute Gasteiger partial charge is 0.246 e. The van der Waals surface area contributed by atoms with Crippen molar-refractivity contribution in [1.29, 1.82) is 0 Å². The summed E-state index contributed by atoms with van der Waals surface area (Å²) in [5.74, 6) is 0.356. The standard InChI is InChI=1S/C15H19NO3/c1-4-16(5-2)15(18)11-10-14(17)12-6-8-13(19-3)9-7-12/h6-11H,4-5H2,1-3H3/b11-10+. The summed E-state index contributed by atoms with van der Waals surface area (Å²) < 4.78 is 5.02. The molecular formula is C15H19NO3. The molecule has 1 amide bonds. The average molecular weight is 261 g/mol. The van der Waals surface area contributed by atoms with Crippen LogP contribution < -0.4 is 4.74 Å². The Hall–Kier alpha value is -2.10. The zero-order chi connectivity index (χ0) is 14.3. The highest BCUT2D eigenvalue weighted by molar-refractivity contribution is 6.07. The monoisotopic (exact) mass is 261 g/mol. The third kappa shape index (κ3) is 4.25. The van der Waals surface area contributed by atoms with E-state index < -0.39 is 0 Å². The van der Waals surface area contributed by atoms with E-state index in [-0.39, 0.29) is 11.7 Å². The van der Waals surface area contributed by atoms with Gasteiger partial charge in [-0.25, -0.2) is 0 Å². The van der Waals surface area contributed by atoms with Gasteiger partial charge in [0.2, 0.25) is 5.91 Å². The third-order valence-electron chi connectivity index (χ3n) is 2.83. The van der Waals surface area contributed by atoms with Crippen LogP contribution in [0.1, 0.15) is 24.2 Å². The van der Waals surface area contributed by atoms with Gasteiger partial charge in [-0.2, -0.15) is 0 Å². The van der Waals surface area contributed by atoms with Crippen LogP contribution in [0.25, 0.3) is 0 Å². The van der Waals surface area contributed by atoms with Crippen LogP contribution in [0.15, 0.2) is 36.4 Å². The maximum Gasteiger partial charge on any atom is 0.246 e. The van der Waals surface area contributed by atoms with E-state index in [1.54, 1.807) is 36.3 Å². The van der Waals surface area contributed by atoms with Gasteiger partial charge in [0.25, 0.3) is 0 Å². The number of carbonyl (C=O) groups is 2. The Balaban J connectivity index is 2.70. The molecule has 102 valence electrons. The molecular weight excluding hydrogens is 242 g/mol. The summed E-state index contributed by atoms with van der Waals surface area (Å²) in [6, 6.07) is 6.78. The number of methoxy groups -OCH3 is 1. The van der Waals surface area contributed by atoms with E-state index in [2.05, 4.69) is 0 Å². The van der Waals surface area contributed by atoms with Gasteiger partial charge < -0.3 is 9.64 Å². The van der Waals surface area contributed by atoms with E-state index in [9.17, 15) is 9.59 Å². The number of amides is 1. The lowest BCUT2D eigenvalue weighted by Gasteiger charge is -2.15. The van der Waals surface area contributed by atoms with Crippen molar-refractivity contribution in [2.75, 3.05) is 20.2 Å². The first kappa shape index (κ1) is 15.0. The van der Waals surface area contributed by atoms with E-state index in [1.807, 2.05) is 13.8 Å². The fourth-order valence-corrected chi connectivity index (χ4v) is 1.64. The molecule has 4 nitrogen and oxygen atoms in total. The molecule has 1 aromatic carbocycles. The number of hydrogen-bond acceptors (Lipinski definition) is 3. The van der Waals surface area contributed by atoms with Gasteiger partial charge in [0.15, 0.2) is 5.78 Å². The summed E-state index contributed by atoms with van der Waals surface area (Å²) in [5, 5.41) is 0. The first-order valence-electron chi connectivity index (χ1n) is 6.27. The molecule has 0 fully saturated rings. The van der Waals surface area contributed by atoms with Crippen LogP contribution in [0.2, 0.25) is 0 Å². The second-order valence-corrected chi connectivity index (χ2v) is 3.94. The summed E-state index contributed by atoms with van der Waals surface area (Å²) in [6.45, 7) is 5.08. The summed E-state index contributed by atoms with van der Waals surface area (Å²) in [6.07, 6.45) is 2.63.